The van der Waals surface area contributed by atoms with Gasteiger partial charge in [0.2, 0.25) is 0 Å². The van der Waals surface area contributed by atoms with Crippen LogP contribution in [0.4, 0.5) is 11.4 Å². The molecule has 1 aromatic heterocycles. The molecule has 3 rings (SSSR count). The molecule has 2 amide bonds. The summed E-state index contributed by atoms with van der Waals surface area (Å²) in [6.45, 7) is 1.35. The second-order valence-corrected chi connectivity index (χ2v) is 6.47. The summed E-state index contributed by atoms with van der Waals surface area (Å²) >= 11 is 6.02. The van der Waals surface area contributed by atoms with E-state index in [0.717, 1.165) is 5.56 Å². The van der Waals surface area contributed by atoms with Crippen LogP contribution in [-0.4, -0.2) is 24.4 Å². The molecule has 0 fully saturated rings. The summed E-state index contributed by atoms with van der Waals surface area (Å²) < 4.78 is 10.1. The second kappa shape index (κ2) is 9.07. The Kier molecular flexibility index (Phi) is 6.31. The van der Waals surface area contributed by atoms with Crippen LogP contribution in [0.1, 0.15) is 26.5 Å². The van der Waals surface area contributed by atoms with Gasteiger partial charge in [0.15, 0.2) is 12.4 Å². The van der Waals surface area contributed by atoms with Crippen molar-refractivity contribution in [2.45, 2.75) is 6.92 Å². The lowest BCUT2D eigenvalue weighted by Gasteiger charge is -2.11. The highest BCUT2D eigenvalue weighted by Crippen LogP contribution is 2.20. The molecule has 0 radical (unpaired) electrons. The van der Waals surface area contributed by atoms with Gasteiger partial charge in [0.25, 0.3) is 11.8 Å². The minimum Gasteiger partial charge on any atom is -0.459 e. The maximum absolute atomic E-state index is 12.4. The maximum atomic E-state index is 12.4. The van der Waals surface area contributed by atoms with E-state index in [1.165, 1.54) is 18.4 Å². The Labute approximate surface area is 171 Å². The normalized spacial score (nSPS) is 10.3. The van der Waals surface area contributed by atoms with Crippen molar-refractivity contribution in [2.75, 3.05) is 17.2 Å². The summed E-state index contributed by atoms with van der Waals surface area (Å²) in [6, 6.07) is 14.4. The highest BCUT2D eigenvalue weighted by atomic mass is 35.5. The molecule has 0 aliphatic rings. The number of amides is 2. The summed E-state index contributed by atoms with van der Waals surface area (Å²) in [6.07, 6.45) is 1.37. The lowest BCUT2D eigenvalue weighted by Crippen LogP contribution is -2.22. The van der Waals surface area contributed by atoms with Crippen LogP contribution in [0, 0.1) is 6.92 Å². The molecule has 0 spiro atoms. The molecular formula is C21H17ClN2O5. The van der Waals surface area contributed by atoms with E-state index in [1.54, 1.807) is 42.5 Å². The van der Waals surface area contributed by atoms with Gasteiger partial charge in [-0.3, -0.25) is 9.59 Å². The summed E-state index contributed by atoms with van der Waals surface area (Å²) in [7, 11) is 0. The van der Waals surface area contributed by atoms with E-state index in [0.29, 0.717) is 10.7 Å². The van der Waals surface area contributed by atoms with Crippen molar-refractivity contribution >= 4 is 40.8 Å². The predicted molar refractivity (Wildman–Crippen MR) is 108 cm³/mol. The Hall–Kier alpha value is -3.58. The van der Waals surface area contributed by atoms with Crippen molar-refractivity contribution in [1.82, 2.24) is 0 Å². The van der Waals surface area contributed by atoms with Crippen molar-refractivity contribution in [3.05, 3.63) is 82.8 Å². The molecule has 0 bridgehead atoms. The number of anilines is 2. The Morgan fingerprint density at radius 1 is 1.03 bits per heavy atom. The lowest BCUT2D eigenvalue weighted by molar-refractivity contribution is -0.119. The number of para-hydroxylation sites is 1. The molecule has 3 aromatic rings. The van der Waals surface area contributed by atoms with E-state index in [-0.39, 0.29) is 17.0 Å². The number of carbonyl (C=O) groups is 3. The van der Waals surface area contributed by atoms with Crippen molar-refractivity contribution in [1.29, 1.82) is 0 Å². The van der Waals surface area contributed by atoms with E-state index >= 15 is 0 Å². The van der Waals surface area contributed by atoms with Crippen molar-refractivity contribution in [3.63, 3.8) is 0 Å². The lowest BCUT2D eigenvalue weighted by atomic mass is 10.1. The zero-order valence-electron chi connectivity index (χ0n) is 15.4. The average Bonchev–Trinajstić information content (AvgIpc) is 3.24. The van der Waals surface area contributed by atoms with Gasteiger partial charge in [0.05, 0.1) is 17.5 Å². The standard InChI is InChI=1S/C21H17ClN2O5/c1-13-8-9-14(11-16(13)22)23-19(25)12-29-21(27)15-5-2-3-6-17(15)24-20(26)18-7-4-10-28-18/h2-11H,12H2,1H3,(H,23,25)(H,24,26). The highest BCUT2D eigenvalue weighted by Gasteiger charge is 2.17. The first-order chi connectivity index (χ1) is 13.9. The quantitative estimate of drug-likeness (QED) is 0.588. The Morgan fingerprint density at radius 2 is 1.83 bits per heavy atom. The first-order valence-electron chi connectivity index (χ1n) is 8.61. The van der Waals surface area contributed by atoms with Gasteiger partial charge in [-0.2, -0.15) is 0 Å². The Bertz CT molecular complexity index is 1050. The van der Waals surface area contributed by atoms with Gasteiger partial charge in [0, 0.05) is 10.7 Å². The number of furan rings is 1. The number of hydrogen-bond donors (Lipinski definition) is 2. The SMILES string of the molecule is Cc1ccc(NC(=O)COC(=O)c2ccccc2NC(=O)c2ccco2)cc1Cl. The number of esters is 1. The predicted octanol–water partition coefficient (Wildman–Crippen LogP) is 4.29. The van der Waals surface area contributed by atoms with E-state index in [1.807, 2.05) is 6.92 Å². The smallest absolute Gasteiger partial charge is 0.340 e. The van der Waals surface area contributed by atoms with E-state index in [9.17, 15) is 14.4 Å². The highest BCUT2D eigenvalue weighted by molar-refractivity contribution is 6.31. The number of benzene rings is 2. The van der Waals surface area contributed by atoms with Crippen LogP contribution in [0.25, 0.3) is 0 Å². The molecule has 0 saturated carbocycles. The van der Waals surface area contributed by atoms with Crippen molar-refractivity contribution in [2.24, 2.45) is 0 Å². The number of hydrogen-bond acceptors (Lipinski definition) is 5. The molecule has 2 aromatic carbocycles. The van der Waals surface area contributed by atoms with Crippen LogP contribution in [0.15, 0.2) is 65.3 Å². The third kappa shape index (κ3) is 5.24. The first-order valence-corrected chi connectivity index (χ1v) is 8.99. The van der Waals surface area contributed by atoms with Crippen molar-refractivity contribution in [3.8, 4) is 0 Å². The molecule has 2 N–H and O–H groups in total. The van der Waals surface area contributed by atoms with Crippen LogP contribution in [0.5, 0.6) is 0 Å². The average molecular weight is 413 g/mol. The Balaban J connectivity index is 1.61. The number of carbonyl (C=O) groups excluding carboxylic acids is 3. The van der Waals surface area contributed by atoms with Gasteiger partial charge >= 0.3 is 5.97 Å². The molecule has 0 saturated heterocycles. The van der Waals surface area contributed by atoms with Gasteiger partial charge < -0.3 is 19.8 Å². The molecule has 29 heavy (non-hydrogen) atoms. The molecule has 0 unspecified atom stereocenters. The first kappa shape index (κ1) is 20.2. The second-order valence-electron chi connectivity index (χ2n) is 6.07. The molecule has 8 heteroatoms. The summed E-state index contributed by atoms with van der Waals surface area (Å²) in [5, 5.41) is 5.70. The van der Waals surface area contributed by atoms with E-state index < -0.39 is 24.4 Å². The topological polar surface area (TPSA) is 97.6 Å². The fourth-order valence-electron chi connectivity index (χ4n) is 2.44. The number of nitrogens with one attached hydrogen (secondary N) is 2. The van der Waals surface area contributed by atoms with Gasteiger partial charge in [-0.1, -0.05) is 29.8 Å². The van der Waals surface area contributed by atoms with Gasteiger partial charge in [0.1, 0.15) is 0 Å². The molecule has 7 nitrogen and oxygen atoms in total. The zero-order valence-corrected chi connectivity index (χ0v) is 16.2. The fraction of sp³-hybridized carbons (Fsp3) is 0.0952. The van der Waals surface area contributed by atoms with Crippen LogP contribution < -0.4 is 10.6 Å². The monoisotopic (exact) mass is 412 g/mol. The fourth-order valence-corrected chi connectivity index (χ4v) is 2.62. The van der Waals surface area contributed by atoms with Crippen LogP contribution in [-0.2, 0) is 9.53 Å². The zero-order chi connectivity index (χ0) is 20.8. The molecular weight excluding hydrogens is 396 g/mol. The largest absolute Gasteiger partial charge is 0.459 e. The maximum Gasteiger partial charge on any atom is 0.340 e. The van der Waals surface area contributed by atoms with Gasteiger partial charge in [-0.15, -0.1) is 0 Å². The molecule has 148 valence electrons. The van der Waals surface area contributed by atoms with Gasteiger partial charge in [-0.05, 0) is 48.9 Å². The minimum atomic E-state index is -0.752. The van der Waals surface area contributed by atoms with E-state index in [4.69, 9.17) is 20.8 Å². The third-order valence-corrected chi connectivity index (χ3v) is 4.34. The molecule has 0 atom stereocenters. The van der Waals surface area contributed by atoms with E-state index in [2.05, 4.69) is 10.6 Å². The molecule has 0 aliphatic carbocycles. The Morgan fingerprint density at radius 3 is 2.55 bits per heavy atom. The number of halogens is 1. The number of ether oxygens (including phenoxy) is 1. The summed E-state index contributed by atoms with van der Waals surface area (Å²) in [5.74, 6) is -1.68. The molecule has 0 aliphatic heterocycles. The van der Waals surface area contributed by atoms with Crippen molar-refractivity contribution < 1.29 is 23.5 Å². The summed E-state index contributed by atoms with van der Waals surface area (Å²) in [4.78, 5) is 36.6. The van der Waals surface area contributed by atoms with Gasteiger partial charge in [-0.25, -0.2) is 4.79 Å². The third-order valence-electron chi connectivity index (χ3n) is 3.93. The van der Waals surface area contributed by atoms with Crippen LogP contribution in [0.2, 0.25) is 5.02 Å². The minimum absolute atomic E-state index is 0.101. The number of rotatable bonds is 6. The number of aryl methyl sites for hydroxylation is 1. The summed E-state index contributed by atoms with van der Waals surface area (Å²) in [5.41, 5.74) is 1.72. The van der Waals surface area contributed by atoms with Crippen LogP contribution >= 0.6 is 11.6 Å². The van der Waals surface area contributed by atoms with Crippen LogP contribution in [0.3, 0.4) is 0 Å². The molecule has 1 heterocycles.